The lowest BCUT2D eigenvalue weighted by molar-refractivity contribution is 0.630. The molecular formula is C16H24N4S. The Bertz CT molecular complexity index is 551. The molecule has 0 bridgehead atoms. The molecule has 0 aromatic carbocycles. The van der Waals surface area contributed by atoms with Gasteiger partial charge in [0.15, 0.2) is 0 Å². The highest BCUT2D eigenvalue weighted by Crippen LogP contribution is 2.39. The van der Waals surface area contributed by atoms with E-state index in [2.05, 4.69) is 35.0 Å². The molecule has 0 atom stereocenters. The normalized spacial score (nSPS) is 11.0. The number of pyridine rings is 1. The topological polar surface area (TPSA) is 55.0 Å². The van der Waals surface area contributed by atoms with Crippen molar-refractivity contribution >= 4 is 22.4 Å². The van der Waals surface area contributed by atoms with Gasteiger partial charge in [0, 0.05) is 30.5 Å². The lowest BCUT2D eigenvalue weighted by atomic mass is 10.1. The van der Waals surface area contributed by atoms with Crippen molar-refractivity contribution in [3.8, 4) is 11.1 Å². The van der Waals surface area contributed by atoms with Crippen molar-refractivity contribution in [2.45, 2.75) is 46.1 Å². The van der Waals surface area contributed by atoms with Crippen molar-refractivity contribution in [2.24, 2.45) is 0 Å². The Hall–Kier alpha value is -1.62. The highest BCUT2D eigenvalue weighted by Gasteiger charge is 2.21. The average molecular weight is 304 g/mol. The van der Waals surface area contributed by atoms with Gasteiger partial charge in [0.25, 0.3) is 0 Å². The molecule has 0 aliphatic rings. The minimum Gasteiger partial charge on any atom is -0.382 e. The molecule has 0 spiro atoms. The summed E-state index contributed by atoms with van der Waals surface area (Å²) >= 11 is 1.49. The minimum atomic E-state index is 0.428. The summed E-state index contributed by atoms with van der Waals surface area (Å²) in [4.78, 5) is 6.61. The van der Waals surface area contributed by atoms with E-state index >= 15 is 0 Å². The summed E-state index contributed by atoms with van der Waals surface area (Å²) in [6, 6.07) is 4.41. The predicted molar refractivity (Wildman–Crippen MR) is 91.8 cm³/mol. The molecule has 0 aliphatic carbocycles. The summed E-state index contributed by atoms with van der Waals surface area (Å²) in [6.07, 6.45) is 7.31. The van der Waals surface area contributed by atoms with Crippen molar-refractivity contribution in [2.75, 3.05) is 17.2 Å². The van der Waals surface area contributed by atoms with E-state index in [0.717, 1.165) is 22.7 Å². The van der Waals surface area contributed by atoms with Crippen LogP contribution >= 0.6 is 11.5 Å². The van der Waals surface area contributed by atoms with Gasteiger partial charge in [-0.15, -0.1) is 0 Å². The van der Waals surface area contributed by atoms with Crippen LogP contribution in [0.4, 0.5) is 10.8 Å². The van der Waals surface area contributed by atoms with E-state index in [-0.39, 0.29) is 0 Å². The van der Waals surface area contributed by atoms with Crippen molar-refractivity contribution in [3.05, 3.63) is 24.5 Å². The van der Waals surface area contributed by atoms with Crippen LogP contribution < -0.4 is 10.6 Å². The highest BCUT2D eigenvalue weighted by molar-refractivity contribution is 7.11. The zero-order valence-corrected chi connectivity index (χ0v) is 13.9. The number of aromatic nitrogens is 2. The Morgan fingerprint density at radius 1 is 1.33 bits per heavy atom. The Morgan fingerprint density at radius 3 is 2.76 bits per heavy atom. The highest BCUT2D eigenvalue weighted by atomic mass is 32.1. The third-order valence-electron chi connectivity index (χ3n) is 3.54. The monoisotopic (exact) mass is 304 g/mol. The van der Waals surface area contributed by atoms with Crippen LogP contribution in [-0.2, 0) is 0 Å². The third-order valence-corrected chi connectivity index (χ3v) is 4.44. The van der Waals surface area contributed by atoms with Gasteiger partial charge < -0.3 is 10.6 Å². The van der Waals surface area contributed by atoms with Crippen molar-refractivity contribution in [3.63, 3.8) is 0 Å². The summed E-state index contributed by atoms with van der Waals surface area (Å²) in [6.45, 7) is 7.70. The maximum atomic E-state index is 6.11. The number of nitrogen functional groups attached to an aromatic ring is 1. The first-order valence-corrected chi connectivity index (χ1v) is 8.34. The number of hydrogen-bond donors (Lipinski definition) is 1. The first-order valence-electron chi connectivity index (χ1n) is 7.57. The molecule has 2 aromatic rings. The molecule has 2 heterocycles. The van der Waals surface area contributed by atoms with Crippen LogP contribution in [0.15, 0.2) is 24.5 Å². The number of anilines is 2. The van der Waals surface area contributed by atoms with Crippen LogP contribution in [-0.4, -0.2) is 21.9 Å². The fraction of sp³-hybridized carbons (Fsp3) is 0.500. The maximum absolute atomic E-state index is 6.11. The molecular weight excluding hydrogens is 280 g/mol. The molecule has 0 fully saturated rings. The van der Waals surface area contributed by atoms with E-state index in [4.69, 9.17) is 5.73 Å². The smallest absolute Gasteiger partial charge is 0.147 e. The van der Waals surface area contributed by atoms with E-state index in [0.29, 0.717) is 11.9 Å². The summed E-state index contributed by atoms with van der Waals surface area (Å²) in [5.74, 6) is 0.601. The minimum absolute atomic E-state index is 0.428. The van der Waals surface area contributed by atoms with Gasteiger partial charge in [-0.25, -0.2) is 0 Å². The van der Waals surface area contributed by atoms with Crippen molar-refractivity contribution in [1.82, 2.24) is 9.36 Å². The summed E-state index contributed by atoms with van der Waals surface area (Å²) in [5.41, 5.74) is 8.18. The molecule has 0 unspecified atom stereocenters. The second-order valence-corrected chi connectivity index (χ2v) is 6.24. The molecule has 2 aromatic heterocycles. The molecule has 0 amide bonds. The summed E-state index contributed by atoms with van der Waals surface area (Å²) in [5, 5.41) is 1.16. The standard InChI is InChI=1S/C16H24N4S/c1-4-5-6-10-20(12(2)3)16-14(15(17)19-21-16)13-8-7-9-18-11-13/h7-9,11-12H,4-6,10H2,1-3H3,(H2,17,19). The lowest BCUT2D eigenvalue weighted by Crippen LogP contribution is -2.31. The van der Waals surface area contributed by atoms with Crippen LogP contribution in [0.2, 0.25) is 0 Å². The molecule has 0 saturated heterocycles. The molecule has 0 aliphatic heterocycles. The van der Waals surface area contributed by atoms with Gasteiger partial charge in [0.2, 0.25) is 0 Å². The van der Waals surface area contributed by atoms with Crippen LogP contribution in [0.3, 0.4) is 0 Å². The Balaban J connectivity index is 2.33. The number of hydrogen-bond acceptors (Lipinski definition) is 5. The van der Waals surface area contributed by atoms with Crippen molar-refractivity contribution < 1.29 is 0 Å². The van der Waals surface area contributed by atoms with Gasteiger partial charge in [-0.3, -0.25) is 4.98 Å². The van der Waals surface area contributed by atoms with Crippen molar-refractivity contribution in [1.29, 1.82) is 0 Å². The molecule has 0 saturated carbocycles. The number of rotatable bonds is 7. The molecule has 2 N–H and O–H groups in total. The van der Waals surface area contributed by atoms with Crippen LogP contribution in [0.5, 0.6) is 0 Å². The van der Waals surface area contributed by atoms with E-state index in [1.54, 1.807) is 6.20 Å². The number of unbranched alkanes of at least 4 members (excludes halogenated alkanes) is 2. The second-order valence-electron chi connectivity index (χ2n) is 5.48. The van der Waals surface area contributed by atoms with Gasteiger partial charge in [-0.2, -0.15) is 4.37 Å². The molecule has 0 radical (unpaired) electrons. The number of nitrogens with zero attached hydrogens (tertiary/aromatic N) is 3. The largest absolute Gasteiger partial charge is 0.382 e. The maximum Gasteiger partial charge on any atom is 0.147 e. The molecule has 5 heteroatoms. The number of nitrogens with two attached hydrogens (primary N) is 1. The first-order chi connectivity index (χ1) is 10.1. The van der Waals surface area contributed by atoms with Crippen LogP contribution in [0, 0.1) is 0 Å². The Morgan fingerprint density at radius 2 is 2.14 bits per heavy atom. The van der Waals surface area contributed by atoms with Gasteiger partial charge in [-0.1, -0.05) is 25.8 Å². The zero-order valence-electron chi connectivity index (χ0n) is 13.0. The summed E-state index contributed by atoms with van der Waals surface area (Å²) < 4.78 is 4.37. The van der Waals surface area contributed by atoms with E-state index in [9.17, 15) is 0 Å². The fourth-order valence-corrected chi connectivity index (χ4v) is 3.39. The third kappa shape index (κ3) is 3.73. The lowest BCUT2D eigenvalue weighted by Gasteiger charge is -2.28. The fourth-order valence-electron chi connectivity index (χ4n) is 2.40. The van der Waals surface area contributed by atoms with Crippen LogP contribution in [0.1, 0.15) is 40.0 Å². The average Bonchev–Trinajstić information content (AvgIpc) is 2.85. The van der Waals surface area contributed by atoms with E-state index in [1.807, 2.05) is 18.3 Å². The van der Waals surface area contributed by atoms with Gasteiger partial charge in [-0.05, 0) is 37.9 Å². The Labute approximate surface area is 131 Å². The van der Waals surface area contributed by atoms with Gasteiger partial charge >= 0.3 is 0 Å². The van der Waals surface area contributed by atoms with Crippen LogP contribution in [0.25, 0.3) is 11.1 Å². The molecule has 4 nitrogen and oxygen atoms in total. The molecule has 21 heavy (non-hydrogen) atoms. The van der Waals surface area contributed by atoms with Gasteiger partial charge in [0.1, 0.15) is 10.8 Å². The molecule has 114 valence electrons. The summed E-state index contributed by atoms with van der Waals surface area (Å²) in [7, 11) is 0. The first kappa shape index (κ1) is 15.8. The second kappa shape index (κ2) is 7.41. The SMILES string of the molecule is CCCCCN(c1snc(N)c1-c1cccnc1)C(C)C. The quantitative estimate of drug-likeness (QED) is 0.779. The predicted octanol–water partition coefficient (Wildman–Crippen LogP) is 4.19. The molecule has 2 rings (SSSR count). The Kier molecular flexibility index (Phi) is 5.56. The van der Waals surface area contributed by atoms with E-state index in [1.165, 1.54) is 30.8 Å². The van der Waals surface area contributed by atoms with E-state index < -0.39 is 0 Å². The zero-order chi connectivity index (χ0) is 15.2. The van der Waals surface area contributed by atoms with Gasteiger partial charge in [0.05, 0.1) is 5.56 Å².